The summed E-state index contributed by atoms with van der Waals surface area (Å²) in [5.41, 5.74) is 1.17. The van der Waals surface area contributed by atoms with Crippen molar-refractivity contribution in [2.24, 2.45) is 0 Å². The van der Waals surface area contributed by atoms with Gasteiger partial charge in [0.1, 0.15) is 12.2 Å². The summed E-state index contributed by atoms with van der Waals surface area (Å²) < 4.78 is 32.2. The van der Waals surface area contributed by atoms with E-state index in [1.54, 1.807) is 0 Å². The average molecular weight is 334 g/mol. The summed E-state index contributed by atoms with van der Waals surface area (Å²) in [6.45, 7) is 7.15. The van der Waals surface area contributed by atoms with Crippen molar-refractivity contribution >= 4 is 27.5 Å². The van der Waals surface area contributed by atoms with E-state index in [1.807, 2.05) is 16.8 Å². The lowest BCUT2D eigenvalue weighted by Gasteiger charge is -2.20. The molecule has 21 heavy (non-hydrogen) atoms. The molecule has 1 aromatic rings. The molecule has 1 aromatic heterocycles. The second-order valence-corrected chi connectivity index (χ2v) is 8.20. The van der Waals surface area contributed by atoms with Gasteiger partial charge in [-0.1, -0.05) is 25.4 Å². The van der Waals surface area contributed by atoms with Gasteiger partial charge in [-0.2, -0.15) is 8.42 Å². The van der Waals surface area contributed by atoms with Crippen LogP contribution in [0.4, 0.5) is 5.82 Å². The molecule has 0 fully saturated rings. The third kappa shape index (κ3) is 3.67. The number of fused-ring (bicyclic) bond motifs is 1. The minimum absolute atomic E-state index is 0.00355. The minimum atomic E-state index is -3.88. The van der Waals surface area contributed by atoms with Crippen LogP contribution in [0.15, 0.2) is 12.3 Å². The van der Waals surface area contributed by atoms with Crippen LogP contribution in [0, 0.1) is 0 Å². The topological polar surface area (TPSA) is 70.3 Å². The van der Waals surface area contributed by atoms with Gasteiger partial charge in [-0.15, -0.1) is 0 Å². The van der Waals surface area contributed by atoms with Gasteiger partial charge in [0.2, 0.25) is 0 Å². The Labute approximate surface area is 131 Å². The predicted octanol–water partition coefficient (Wildman–Crippen LogP) is 2.39. The molecule has 0 spiro atoms. The van der Waals surface area contributed by atoms with Crippen LogP contribution in [0.25, 0.3) is 0 Å². The quantitative estimate of drug-likeness (QED) is 0.493. The maximum absolute atomic E-state index is 10.7. The molecular formula is C14H22ClN2O3S+. The van der Waals surface area contributed by atoms with Crippen LogP contribution < -0.4 is 9.88 Å². The van der Waals surface area contributed by atoms with Gasteiger partial charge < -0.3 is 0 Å². The van der Waals surface area contributed by atoms with Crippen molar-refractivity contribution in [3.05, 3.63) is 22.8 Å². The predicted molar refractivity (Wildman–Crippen MR) is 83.4 cm³/mol. The lowest BCUT2D eigenvalue weighted by molar-refractivity contribution is -0.683. The zero-order valence-corrected chi connectivity index (χ0v) is 14.1. The Bertz CT molecular complexity index is 644. The zero-order valence-electron chi connectivity index (χ0n) is 12.6. The average Bonchev–Trinajstić information content (AvgIpc) is 2.56. The van der Waals surface area contributed by atoms with E-state index in [0.29, 0.717) is 30.5 Å². The second kappa shape index (κ2) is 5.74. The molecule has 0 radical (unpaired) electrons. The van der Waals surface area contributed by atoms with E-state index < -0.39 is 10.1 Å². The first-order chi connectivity index (χ1) is 9.61. The first-order valence-corrected chi connectivity index (χ1v) is 9.05. The number of pyridine rings is 1. The number of halogens is 1. The first kappa shape index (κ1) is 16.5. The normalized spacial score (nSPS) is 20.1. The Balaban J connectivity index is 2.15. The van der Waals surface area contributed by atoms with Crippen molar-refractivity contribution < 1.29 is 17.5 Å². The lowest BCUT2D eigenvalue weighted by Crippen LogP contribution is -2.37. The van der Waals surface area contributed by atoms with Crippen LogP contribution in [-0.2, 0) is 22.1 Å². The highest BCUT2D eigenvalue weighted by Crippen LogP contribution is 2.39. The number of aromatic nitrogens is 1. The van der Waals surface area contributed by atoms with Gasteiger partial charge in [0.15, 0.2) is 0 Å². The van der Waals surface area contributed by atoms with Gasteiger partial charge in [-0.05, 0) is 25.8 Å². The maximum atomic E-state index is 10.7. The van der Waals surface area contributed by atoms with Gasteiger partial charge in [-0.25, -0.2) is 4.57 Å². The Morgan fingerprint density at radius 2 is 2.10 bits per heavy atom. The number of anilines is 1. The molecule has 1 atom stereocenters. The number of unbranched alkanes of at least 4 members (excludes halogenated alkanes) is 1. The fraction of sp³-hybridized carbons (Fsp3) is 0.643. The molecule has 1 aliphatic rings. The van der Waals surface area contributed by atoms with Crippen molar-refractivity contribution in [2.45, 2.75) is 51.6 Å². The maximum Gasteiger partial charge on any atom is 0.278 e. The van der Waals surface area contributed by atoms with Crippen LogP contribution in [0.3, 0.4) is 0 Å². The number of hydrogen-bond donors (Lipinski definition) is 2. The standard InChI is InChI=1S/C14H21ClN2O3S/c1-10-14(2,3)12-8-11(15)9-17(13(12)16-10)6-4-5-7-21(18,19)20/h8-10H,4-7H2,1-3H3,(H,18,19,20)/p+1. The molecule has 5 nitrogen and oxygen atoms in total. The molecule has 2 heterocycles. The van der Waals surface area contributed by atoms with Crippen molar-refractivity contribution in [1.29, 1.82) is 0 Å². The second-order valence-electron chi connectivity index (χ2n) is 6.19. The highest BCUT2D eigenvalue weighted by atomic mass is 35.5. The highest BCUT2D eigenvalue weighted by Gasteiger charge is 2.43. The van der Waals surface area contributed by atoms with Gasteiger partial charge >= 0.3 is 0 Å². The lowest BCUT2D eigenvalue weighted by atomic mass is 9.82. The van der Waals surface area contributed by atoms with Crippen molar-refractivity contribution in [3.8, 4) is 0 Å². The molecular weight excluding hydrogens is 312 g/mol. The van der Waals surface area contributed by atoms with Crippen LogP contribution in [0.1, 0.15) is 39.2 Å². The summed E-state index contributed by atoms with van der Waals surface area (Å²) in [7, 11) is -3.88. The number of nitrogens with zero attached hydrogens (tertiary/aromatic N) is 1. The minimum Gasteiger partial charge on any atom is -0.286 e. The molecule has 0 aliphatic carbocycles. The number of nitrogens with one attached hydrogen (secondary N) is 1. The molecule has 0 bridgehead atoms. The summed E-state index contributed by atoms with van der Waals surface area (Å²) in [5.74, 6) is 0.842. The Hall–Kier alpha value is -0.850. The zero-order chi connectivity index (χ0) is 15.8. The van der Waals surface area contributed by atoms with Crippen LogP contribution in [0.5, 0.6) is 0 Å². The first-order valence-electron chi connectivity index (χ1n) is 7.06. The number of hydrogen-bond acceptors (Lipinski definition) is 3. The summed E-state index contributed by atoms with van der Waals surface area (Å²) in [6, 6.07) is 2.29. The molecule has 0 amide bonds. The van der Waals surface area contributed by atoms with Gasteiger partial charge in [0, 0.05) is 5.41 Å². The van der Waals surface area contributed by atoms with E-state index in [4.69, 9.17) is 16.2 Å². The smallest absolute Gasteiger partial charge is 0.278 e. The van der Waals surface area contributed by atoms with Gasteiger partial charge in [-0.3, -0.25) is 9.87 Å². The van der Waals surface area contributed by atoms with E-state index in [0.717, 1.165) is 5.82 Å². The largest absolute Gasteiger partial charge is 0.286 e. The van der Waals surface area contributed by atoms with Crippen molar-refractivity contribution in [1.82, 2.24) is 0 Å². The van der Waals surface area contributed by atoms with E-state index in [-0.39, 0.29) is 11.2 Å². The monoisotopic (exact) mass is 333 g/mol. The third-order valence-electron chi connectivity index (χ3n) is 4.28. The van der Waals surface area contributed by atoms with Crippen LogP contribution >= 0.6 is 11.6 Å². The SMILES string of the molecule is CC1Nc2c(cc(Cl)c[n+]2CCCCS(=O)(=O)O)C1(C)C. The van der Waals surface area contributed by atoms with Crippen LogP contribution in [-0.4, -0.2) is 24.8 Å². The van der Waals surface area contributed by atoms with Gasteiger partial charge in [0.05, 0.1) is 22.9 Å². The molecule has 118 valence electrons. The van der Waals surface area contributed by atoms with Crippen LogP contribution in [0.2, 0.25) is 5.02 Å². The molecule has 0 aromatic carbocycles. The van der Waals surface area contributed by atoms with E-state index in [2.05, 4.69) is 26.1 Å². The Morgan fingerprint density at radius 3 is 2.71 bits per heavy atom. The van der Waals surface area contributed by atoms with Crippen molar-refractivity contribution in [3.63, 3.8) is 0 Å². The molecule has 2 rings (SSSR count). The Kier molecular flexibility index (Phi) is 4.52. The van der Waals surface area contributed by atoms with Crippen molar-refractivity contribution in [2.75, 3.05) is 11.1 Å². The van der Waals surface area contributed by atoms with E-state index in [1.165, 1.54) is 5.56 Å². The highest BCUT2D eigenvalue weighted by molar-refractivity contribution is 7.85. The molecule has 0 saturated carbocycles. The molecule has 7 heteroatoms. The molecule has 1 aliphatic heterocycles. The summed E-state index contributed by atoms with van der Waals surface area (Å²) >= 11 is 6.20. The molecule has 0 saturated heterocycles. The fourth-order valence-corrected chi connectivity index (χ4v) is 3.42. The fourth-order valence-electron chi connectivity index (χ4n) is 2.63. The molecule has 2 N–H and O–H groups in total. The number of aryl methyl sites for hydroxylation is 1. The third-order valence-corrected chi connectivity index (χ3v) is 5.30. The Morgan fingerprint density at radius 1 is 1.43 bits per heavy atom. The van der Waals surface area contributed by atoms with E-state index >= 15 is 0 Å². The number of rotatable bonds is 5. The summed E-state index contributed by atoms with van der Waals surface area (Å²) in [6.07, 6.45) is 2.94. The van der Waals surface area contributed by atoms with E-state index in [9.17, 15) is 8.42 Å². The molecule has 1 unspecified atom stereocenters. The summed E-state index contributed by atoms with van der Waals surface area (Å²) in [5, 5.41) is 4.15. The van der Waals surface area contributed by atoms with Gasteiger partial charge in [0.25, 0.3) is 15.9 Å². The summed E-state index contributed by atoms with van der Waals surface area (Å²) in [4.78, 5) is 0.